The van der Waals surface area contributed by atoms with Crippen molar-refractivity contribution in [2.75, 3.05) is 0 Å². The summed E-state index contributed by atoms with van der Waals surface area (Å²) in [6, 6.07) is 17.2. The van der Waals surface area contributed by atoms with Crippen LogP contribution >= 0.6 is 31.9 Å². The number of hydrogen-bond donors (Lipinski definition) is 1. The van der Waals surface area contributed by atoms with E-state index in [0.717, 1.165) is 14.7 Å². The van der Waals surface area contributed by atoms with Crippen LogP contribution in [-0.4, -0.2) is 11.1 Å². The molecule has 0 bridgehead atoms. The van der Waals surface area contributed by atoms with Gasteiger partial charge in [0.2, 0.25) is 0 Å². The standard InChI is InChI=1S/C21H20Br2O3/c1-20(2)17(12-18(22)23)21(20,19(24)25)13-14-7-6-10-16(11-14)26-15-8-4-3-5-9-15/h3-12,17H,13H2,1-2H3,(H,24,25). The van der Waals surface area contributed by atoms with E-state index in [2.05, 4.69) is 31.9 Å². The van der Waals surface area contributed by atoms with E-state index in [4.69, 9.17) is 4.74 Å². The van der Waals surface area contributed by atoms with E-state index in [0.29, 0.717) is 12.2 Å². The summed E-state index contributed by atoms with van der Waals surface area (Å²) in [5.74, 6) is 0.647. The van der Waals surface area contributed by atoms with Crippen LogP contribution in [-0.2, 0) is 11.2 Å². The van der Waals surface area contributed by atoms with E-state index < -0.39 is 11.4 Å². The first-order chi connectivity index (χ1) is 12.3. The van der Waals surface area contributed by atoms with E-state index in [1.54, 1.807) is 0 Å². The van der Waals surface area contributed by atoms with Crippen molar-refractivity contribution in [3.05, 3.63) is 69.6 Å². The third kappa shape index (κ3) is 3.47. The van der Waals surface area contributed by atoms with Crippen LogP contribution in [0.2, 0.25) is 0 Å². The van der Waals surface area contributed by atoms with Gasteiger partial charge in [-0.2, -0.15) is 0 Å². The lowest BCUT2D eigenvalue weighted by molar-refractivity contribution is -0.145. The number of aliphatic carboxylic acids is 1. The molecule has 136 valence electrons. The maximum atomic E-state index is 12.2. The number of carboxylic acids is 1. The lowest BCUT2D eigenvalue weighted by atomic mass is 9.88. The van der Waals surface area contributed by atoms with Crippen molar-refractivity contribution < 1.29 is 14.6 Å². The molecule has 26 heavy (non-hydrogen) atoms. The summed E-state index contributed by atoms with van der Waals surface area (Å²) in [5, 5.41) is 10.00. The SMILES string of the molecule is CC1(C)C(C=C(Br)Br)C1(Cc1cccc(Oc2ccccc2)c1)C(=O)O. The summed E-state index contributed by atoms with van der Waals surface area (Å²) >= 11 is 6.73. The maximum absolute atomic E-state index is 12.2. The third-order valence-electron chi connectivity index (χ3n) is 5.41. The normalized spacial score (nSPS) is 23.2. The van der Waals surface area contributed by atoms with Crippen molar-refractivity contribution in [3.63, 3.8) is 0 Å². The highest BCUT2D eigenvalue weighted by Gasteiger charge is 2.74. The lowest BCUT2D eigenvalue weighted by Crippen LogP contribution is -2.24. The Kier molecular flexibility index (Phi) is 5.31. The zero-order valence-electron chi connectivity index (χ0n) is 14.6. The van der Waals surface area contributed by atoms with Crippen LogP contribution in [0.3, 0.4) is 0 Å². The third-order valence-corrected chi connectivity index (χ3v) is 5.94. The van der Waals surface area contributed by atoms with Gasteiger partial charge in [-0.15, -0.1) is 0 Å². The Bertz CT molecular complexity index is 841. The highest BCUT2D eigenvalue weighted by atomic mass is 79.9. The molecule has 0 radical (unpaired) electrons. The van der Waals surface area contributed by atoms with Gasteiger partial charge in [-0.3, -0.25) is 4.79 Å². The fourth-order valence-corrected chi connectivity index (χ4v) is 4.39. The average Bonchev–Trinajstić information content (AvgIpc) is 3.03. The van der Waals surface area contributed by atoms with Crippen LogP contribution in [0.4, 0.5) is 0 Å². The number of rotatable bonds is 6. The fourth-order valence-electron chi connectivity index (χ4n) is 3.86. The molecule has 1 saturated carbocycles. The van der Waals surface area contributed by atoms with Crippen molar-refractivity contribution in [2.45, 2.75) is 20.3 Å². The van der Waals surface area contributed by atoms with Crippen LogP contribution in [0.1, 0.15) is 19.4 Å². The molecule has 0 aromatic heterocycles. The molecule has 2 aromatic rings. The zero-order valence-corrected chi connectivity index (χ0v) is 17.7. The first kappa shape index (κ1) is 19.2. The van der Waals surface area contributed by atoms with Gasteiger partial charge >= 0.3 is 5.97 Å². The topological polar surface area (TPSA) is 46.5 Å². The molecule has 0 spiro atoms. The number of carboxylic acid groups (broad SMARTS) is 1. The molecular weight excluding hydrogens is 460 g/mol. The molecule has 3 nitrogen and oxygen atoms in total. The van der Waals surface area contributed by atoms with Gasteiger partial charge in [-0.25, -0.2) is 0 Å². The van der Waals surface area contributed by atoms with Gasteiger partial charge in [0.05, 0.1) is 8.81 Å². The Hall–Kier alpha value is -1.59. The number of halogens is 2. The minimum atomic E-state index is -0.828. The maximum Gasteiger partial charge on any atom is 0.311 e. The van der Waals surface area contributed by atoms with Gasteiger partial charge in [0, 0.05) is 5.92 Å². The number of allylic oxidation sites excluding steroid dienone is 1. The first-order valence-corrected chi connectivity index (χ1v) is 9.94. The number of hydrogen-bond acceptors (Lipinski definition) is 2. The molecular formula is C21H20Br2O3. The fraction of sp³-hybridized carbons (Fsp3) is 0.286. The molecule has 0 amide bonds. The number of para-hydroxylation sites is 1. The van der Waals surface area contributed by atoms with Crippen molar-refractivity contribution in [1.82, 2.24) is 0 Å². The molecule has 2 atom stereocenters. The van der Waals surface area contributed by atoms with E-state index in [1.807, 2.05) is 74.5 Å². The van der Waals surface area contributed by atoms with Crippen molar-refractivity contribution >= 4 is 37.8 Å². The number of benzene rings is 2. The second-order valence-electron chi connectivity index (χ2n) is 7.17. The van der Waals surface area contributed by atoms with Crippen molar-refractivity contribution in [1.29, 1.82) is 0 Å². The van der Waals surface area contributed by atoms with Gasteiger partial charge in [0.25, 0.3) is 0 Å². The molecule has 1 aliphatic rings. The van der Waals surface area contributed by atoms with E-state index in [9.17, 15) is 9.90 Å². The minimum absolute atomic E-state index is 0.0556. The summed E-state index contributed by atoms with van der Waals surface area (Å²) in [5.41, 5.74) is -0.205. The van der Waals surface area contributed by atoms with E-state index >= 15 is 0 Å². The summed E-state index contributed by atoms with van der Waals surface area (Å²) in [6.07, 6.45) is 2.40. The molecule has 2 aromatic carbocycles. The smallest absolute Gasteiger partial charge is 0.311 e. The van der Waals surface area contributed by atoms with Crippen LogP contribution in [0.15, 0.2) is 64.1 Å². The van der Waals surface area contributed by atoms with Crippen LogP contribution in [0, 0.1) is 16.7 Å². The summed E-state index contributed by atoms with van der Waals surface area (Å²) < 4.78 is 6.67. The second-order valence-corrected chi connectivity index (χ2v) is 9.94. The lowest BCUT2D eigenvalue weighted by Gasteiger charge is -2.16. The van der Waals surface area contributed by atoms with Crippen LogP contribution in [0.5, 0.6) is 11.5 Å². The number of carbonyl (C=O) groups is 1. The molecule has 2 unspecified atom stereocenters. The molecule has 1 aliphatic carbocycles. The number of ether oxygens (including phenoxy) is 1. The Balaban J connectivity index is 1.87. The van der Waals surface area contributed by atoms with Crippen LogP contribution in [0.25, 0.3) is 0 Å². The summed E-state index contributed by atoms with van der Waals surface area (Å²) in [4.78, 5) is 12.2. The molecule has 5 heteroatoms. The zero-order chi connectivity index (χ0) is 18.9. The van der Waals surface area contributed by atoms with E-state index in [1.165, 1.54) is 0 Å². The quantitative estimate of drug-likeness (QED) is 0.522. The Morgan fingerprint density at radius 3 is 2.38 bits per heavy atom. The highest BCUT2D eigenvalue weighted by molar-refractivity contribution is 9.28. The Labute approximate surface area is 170 Å². The molecule has 1 fully saturated rings. The predicted octanol–water partition coefficient (Wildman–Crippen LogP) is 6.38. The molecule has 0 aliphatic heterocycles. The van der Waals surface area contributed by atoms with Crippen molar-refractivity contribution in [2.24, 2.45) is 16.7 Å². The monoisotopic (exact) mass is 478 g/mol. The predicted molar refractivity (Wildman–Crippen MR) is 110 cm³/mol. The molecule has 0 heterocycles. The van der Waals surface area contributed by atoms with Gasteiger partial charge < -0.3 is 9.84 Å². The van der Waals surface area contributed by atoms with Crippen LogP contribution < -0.4 is 4.74 Å². The summed E-state index contributed by atoms with van der Waals surface area (Å²) in [7, 11) is 0. The Morgan fingerprint density at radius 1 is 1.12 bits per heavy atom. The Morgan fingerprint density at radius 2 is 1.77 bits per heavy atom. The van der Waals surface area contributed by atoms with Gasteiger partial charge in [-0.05, 0) is 73.5 Å². The van der Waals surface area contributed by atoms with Crippen molar-refractivity contribution in [3.8, 4) is 11.5 Å². The van der Waals surface area contributed by atoms with Gasteiger partial charge in [-0.1, -0.05) is 50.3 Å². The average molecular weight is 480 g/mol. The first-order valence-electron chi connectivity index (χ1n) is 8.35. The van der Waals surface area contributed by atoms with E-state index in [-0.39, 0.29) is 11.3 Å². The summed E-state index contributed by atoms with van der Waals surface area (Å²) in [6.45, 7) is 4.02. The highest BCUT2D eigenvalue weighted by Crippen LogP contribution is 2.71. The largest absolute Gasteiger partial charge is 0.481 e. The molecule has 1 N–H and O–H groups in total. The minimum Gasteiger partial charge on any atom is -0.481 e. The van der Waals surface area contributed by atoms with Gasteiger partial charge in [0.15, 0.2) is 0 Å². The molecule has 3 rings (SSSR count). The second kappa shape index (κ2) is 7.20. The molecule has 0 saturated heterocycles. The van der Waals surface area contributed by atoms with Gasteiger partial charge in [0.1, 0.15) is 11.5 Å².